The van der Waals surface area contributed by atoms with Crippen molar-refractivity contribution in [2.75, 3.05) is 19.8 Å². The molecular weight excluding hydrogens is 210 g/mol. The number of nitrogens with one attached hydrogen (secondary N) is 1. The minimum absolute atomic E-state index is 0.588. The molecule has 102 valence electrons. The molecule has 1 aliphatic rings. The largest absolute Gasteiger partial charge is 0.380 e. The Morgan fingerprint density at radius 3 is 2.29 bits per heavy atom. The minimum Gasteiger partial charge on any atom is -0.380 e. The van der Waals surface area contributed by atoms with Gasteiger partial charge in [0.05, 0.1) is 6.61 Å². The van der Waals surface area contributed by atoms with E-state index in [9.17, 15) is 0 Å². The van der Waals surface area contributed by atoms with Gasteiger partial charge in [-0.15, -0.1) is 0 Å². The highest BCUT2D eigenvalue weighted by atomic mass is 16.5. The molecule has 0 heterocycles. The Hall–Kier alpha value is -0.0800. The lowest BCUT2D eigenvalue weighted by Gasteiger charge is -2.29. The van der Waals surface area contributed by atoms with E-state index in [4.69, 9.17) is 4.74 Å². The van der Waals surface area contributed by atoms with Gasteiger partial charge in [-0.1, -0.05) is 46.0 Å². The highest BCUT2D eigenvalue weighted by Gasteiger charge is 2.21. The summed E-state index contributed by atoms with van der Waals surface area (Å²) >= 11 is 0. The van der Waals surface area contributed by atoms with Crippen molar-refractivity contribution in [1.82, 2.24) is 5.32 Å². The van der Waals surface area contributed by atoms with E-state index in [0.717, 1.165) is 32.1 Å². The fourth-order valence-electron chi connectivity index (χ4n) is 2.87. The smallest absolute Gasteiger partial charge is 0.0622 e. The van der Waals surface area contributed by atoms with E-state index in [1.807, 2.05) is 0 Å². The summed E-state index contributed by atoms with van der Waals surface area (Å²) in [7, 11) is 0. The molecule has 0 aromatic heterocycles. The van der Waals surface area contributed by atoms with Crippen LogP contribution in [0, 0.1) is 5.92 Å². The van der Waals surface area contributed by atoms with Crippen LogP contribution in [0.5, 0.6) is 0 Å². The van der Waals surface area contributed by atoms with Gasteiger partial charge < -0.3 is 10.1 Å². The molecule has 2 heteroatoms. The normalized spacial score (nSPS) is 20.8. The Balaban J connectivity index is 2.35. The lowest BCUT2D eigenvalue weighted by Crippen LogP contribution is -2.40. The van der Waals surface area contributed by atoms with Crippen LogP contribution in [0.15, 0.2) is 0 Å². The summed E-state index contributed by atoms with van der Waals surface area (Å²) in [5.41, 5.74) is 0. The zero-order chi connectivity index (χ0) is 12.3. The summed E-state index contributed by atoms with van der Waals surface area (Å²) in [6.45, 7) is 7.27. The van der Waals surface area contributed by atoms with Gasteiger partial charge in [0.1, 0.15) is 0 Å². The van der Waals surface area contributed by atoms with Crippen LogP contribution < -0.4 is 5.32 Å². The predicted octanol–water partition coefficient (Wildman–Crippen LogP) is 3.75. The van der Waals surface area contributed by atoms with Crippen molar-refractivity contribution < 1.29 is 4.74 Å². The molecule has 0 aromatic rings. The van der Waals surface area contributed by atoms with E-state index in [0.29, 0.717) is 6.04 Å². The molecule has 1 unspecified atom stereocenters. The average molecular weight is 241 g/mol. The number of rotatable bonds is 7. The first kappa shape index (κ1) is 15.0. The Morgan fingerprint density at radius 1 is 1.06 bits per heavy atom. The van der Waals surface area contributed by atoms with E-state index in [2.05, 4.69) is 19.2 Å². The first-order valence-corrected chi connectivity index (χ1v) is 7.69. The van der Waals surface area contributed by atoms with Crippen LogP contribution in [0.3, 0.4) is 0 Å². The topological polar surface area (TPSA) is 21.3 Å². The monoisotopic (exact) mass is 241 g/mol. The third-order valence-corrected chi connectivity index (χ3v) is 3.83. The molecule has 17 heavy (non-hydrogen) atoms. The molecule has 0 amide bonds. The standard InChI is InChI=1S/C15H31NO/c1-3-12-17-13-15(16-4-2)14-10-8-6-5-7-9-11-14/h14-16H,3-13H2,1-2H3. The van der Waals surface area contributed by atoms with Crippen LogP contribution in [0.2, 0.25) is 0 Å². The quantitative estimate of drug-likeness (QED) is 0.685. The maximum atomic E-state index is 5.76. The lowest BCUT2D eigenvalue weighted by molar-refractivity contribution is 0.0878. The van der Waals surface area contributed by atoms with Crippen LogP contribution in [-0.4, -0.2) is 25.8 Å². The van der Waals surface area contributed by atoms with E-state index in [1.165, 1.54) is 44.9 Å². The SMILES string of the molecule is CCCOCC(NCC)C1CCCCCCC1. The highest BCUT2D eigenvalue weighted by molar-refractivity contribution is 4.77. The van der Waals surface area contributed by atoms with Crippen LogP contribution in [0.25, 0.3) is 0 Å². The predicted molar refractivity (Wildman–Crippen MR) is 74.4 cm³/mol. The van der Waals surface area contributed by atoms with E-state index >= 15 is 0 Å². The van der Waals surface area contributed by atoms with Crippen LogP contribution in [0.4, 0.5) is 0 Å². The summed E-state index contributed by atoms with van der Waals surface area (Å²) in [4.78, 5) is 0. The average Bonchev–Trinajstić information content (AvgIpc) is 2.28. The zero-order valence-electron chi connectivity index (χ0n) is 11.8. The Labute approximate surface area is 108 Å². The molecule has 1 saturated carbocycles. The van der Waals surface area contributed by atoms with Gasteiger partial charge in [-0.2, -0.15) is 0 Å². The molecule has 0 saturated heterocycles. The third kappa shape index (κ3) is 6.42. The van der Waals surface area contributed by atoms with Crippen molar-refractivity contribution in [3.8, 4) is 0 Å². The number of likely N-dealkylation sites (N-methyl/N-ethyl adjacent to an activating group) is 1. The molecule has 1 N–H and O–H groups in total. The molecule has 1 rings (SSSR count). The Morgan fingerprint density at radius 2 is 1.71 bits per heavy atom. The van der Waals surface area contributed by atoms with Gasteiger partial charge in [0.25, 0.3) is 0 Å². The van der Waals surface area contributed by atoms with Crippen LogP contribution in [-0.2, 0) is 4.74 Å². The molecule has 0 aromatic carbocycles. The molecule has 0 spiro atoms. The van der Waals surface area contributed by atoms with Gasteiger partial charge in [0, 0.05) is 12.6 Å². The van der Waals surface area contributed by atoms with E-state index in [-0.39, 0.29) is 0 Å². The second kappa shape index (κ2) is 9.90. The molecule has 1 aliphatic carbocycles. The zero-order valence-corrected chi connectivity index (χ0v) is 11.8. The van der Waals surface area contributed by atoms with Crippen molar-refractivity contribution in [2.24, 2.45) is 5.92 Å². The third-order valence-electron chi connectivity index (χ3n) is 3.83. The van der Waals surface area contributed by atoms with Crippen LogP contribution in [0.1, 0.15) is 65.2 Å². The molecule has 2 nitrogen and oxygen atoms in total. The summed E-state index contributed by atoms with van der Waals surface area (Å²) < 4.78 is 5.76. The maximum Gasteiger partial charge on any atom is 0.0622 e. The van der Waals surface area contributed by atoms with Gasteiger partial charge >= 0.3 is 0 Å². The first-order valence-electron chi connectivity index (χ1n) is 7.69. The number of ether oxygens (including phenoxy) is 1. The van der Waals surface area contributed by atoms with Crippen molar-refractivity contribution in [2.45, 2.75) is 71.3 Å². The summed E-state index contributed by atoms with van der Waals surface area (Å²) in [6.07, 6.45) is 11.1. The first-order chi connectivity index (χ1) is 8.38. The summed E-state index contributed by atoms with van der Waals surface area (Å²) in [6, 6.07) is 0.588. The van der Waals surface area contributed by atoms with Gasteiger partial charge in [0.2, 0.25) is 0 Å². The Kier molecular flexibility index (Phi) is 8.72. The molecule has 1 fully saturated rings. The van der Waals surface area contributed by atoms with Crippen LogP contribution >= 0.6 is 0 Å². The minimum atomic E-state index is 0.588. The Bertz CT molecular complexity index is 164. The number of hydrogen-bond acceptors (Lipinski definition) is 2. The van der Waals surface area contributed by atoms with Crippen molar-refractivity contribution >= 4 is 0 Å². The second-order valence-electron chi connectivity index (χ2n) is 5.34. The fraction of sp³-hybridized carbons (Fsp3) is 1.00. The lowest BCUT2D eigenvalue weighted by atomic mass is 9.86. The van der Waals surface area contributed by atoms with Gasteiger partial charge in [-0.3, -0.25) is 0 Å². The van der Waals surface area contributed by atoms with Crippen molar-refractivity contribution in [1.29, 1.82) is 0 Å². The van der Waals surface area contributed by atoms with Gasteiger partial charge in [-0.25, -0.2) is 0 Å². The van der Waals surface area contributed by atoms with E-state index < -0.39 is 0 Å². The molecule has 0 radical (unpaired) electrons. The summed E-state index contributed by atoms with van der Waals surface area (Å²) in [5, 5.41) is 3.63. The molecular formula is C15H31NO. The van der Waals surface area contributed by atoms with Crippen molar-refractivity contribution in [3.63, 3.8) is 0 Å². The van der Waals surface area contributed by atoms with E-state index in [1.54, 1.807) is 0 Å². The number of hydrogen-bond donors (Lipinski definition) is 1. The summed E-state index contributed by atoms with van der Waals surface area (Å²) in [5.74, 6) is 0.840. The van der Waals surface area contributed by atoms with Crippen molar-refractivity contribution in [3.05, 3.63) is 0 Å². The fourth-order valence-corrected chi connectivity index (χ4v) is 2.87. The van der Waals surface area contributed by atoms with Gasteiger partial charge in [0.15, 0.2) is 0 Å². The highest BCUT2D eigenvalue weighted by Crippen LogP contribution is 2.25. The molecule has 0 aliphatic heterocycles. The second-order valence-corrected chi connectivity index (χ2v) is 5.34. The maximum absolute atomic E-state index is 5.76. The molecule has 0 bridgehead atoms. The molecule has 1 atom stereocenters. The van der Waals surface area contributed by atoms with Gasteiger partial charge in [-0.05, 0) is 31.7 Å².